The highest BCUT2D eigenvalue weighted by molar-refractivity contribution is 7.80. The molecular formula is C10H15N3S. The van der Waals surface area contributed by atoms with Crippen molar-refractivity contribution in [3.63, 3.8) is 0 Å². The Morgan fingerprint density at radius 2 is 2.21 bits per heavy atom. The number of hydrogen-bond donors (Lipinski definition) is 2. The maximum absolute atomic E-state index is 5.11. The SMILES string of the molecule is Cc1cccnc1NC(=S)NC(C)C. The van der Waals surface area contributed by atoms with Crippen molar-refractivity contribution < 1.29 is 0 Å². The lowest BCUT2D eigenvalue weighted by molar-refractivity contribution is 0.739. The summed E-state index contributed by atoms with van der Waals surface area (Å²) in [6, 6.07) is 4.23. The Labute approximate surface area is 89.9 Å². The minimum atomic E-state index is 0.332. The van der Waals surface area contributed by atoms with Crippen LogP contribution in [0.1, 0.15) is 19.4 Å². The van der Waals surface area contributed by atoms with E-state index in [0.29, 0.717) is 11.2 Å². The molecule has 0 bridgehead atoms. The smallest absolute Gasteiger partial charge is 0.172 e. The number of nitrogens with one attached hydrogen (secondary N) is 2. The third kappa shape index (κ3) is 3.30. The largest absolute Gasteiger partial charge is 0.360 e. The number of thiocarbonyl (C=S) groups is 1. The fraction of sp³-hybridized carbons (Fsp3) is 0.400. The Kier molecular flexibility index (Phi) is 3.83. The van der Waals surface area contributed by atoms with Crippen LogP contribution in [0.15, 0.2) is 18.3 Å². The van der Waals surface area contributed by atoms with Gasteiger partial charge in [-0.1, -0.05) is 6.07 Å². The highest BCUT2D eigenvalue weighted by Crippen LogP contribution is 2.08. The van der Waals surface area contributed by atoms with E-state index in [-0.39, 0.29) is 0 Å². The number of nitrogens with zero attached hydrogens (tertiary/aromatic N) is 1. The molecule has 0 radical (unpaired) electrons. The highest BCUT2D eigenvalue weighted by atomic mass is 32.1. The molecule has 1 heterocycles. The number of pyridine rings is 1. The van der Waals surface area contributed by atoms with Gasteiger partial charge in [0.15, 0.2) is 5.11 Å². The summed E-state index contributed by atoms with van der Waals surface area (Å²) in [4.78, 5) is 4.19. The minimum Gasteiger partial charge on any atom is -0.360 e. The molecule has 0 fully saturated rings. The molecule has 2 N–H and O–H groups in total. The van der Waals surface area contributed by atoms with E-state index in [1.54, 1.807) is 6.20 Å². The molecule has 0 aliphatic heterocycles. The molecule has 0 spiro atoms. The number of hydrogen-bond acceptors (Lipinski definition) is 2. The monoisotopic (exact) mass is 209 g/mol. The van der Waals surface area contributed by atoms with Gasteiger partial charge in [-0.3, -0.25) is 0 Å². The Morgan fingerprint density at radius 3 is 2.79 bits per heavy atom. The van der Waals surface area contributed by atoms with Crippen molar-refractivity contribution in [3.05, 3.63) is 23.9 Å². The molecule has 0 amide bonds. The van der Waals surface area contributed by atoms with Crippen molar-refractivity contribution in [2.45, 2.75) is 26.8 Å². The van der Waals surface area contributed by atoms with Crippen LogP contribution in [-0.2, 0) is 0 Å². The van der Waals surface area contributed by atoms with E-state index in [1.807, 2.05) is 32.9 Å². The van der Waals surface area contributed by atoms with Gasteiger partial charge in [0.05, 0.1) is 0 Å². The molecule has 76 valence electrons. The molecule has 1 aromatic heterocycles. The molecule has 0 saturated carbocycles. The van der Waals surface area contributed by atoms with Crippen molar-refractivity contribution in [2.75, 3.05) is 5.32 Å². The van der Waals surface area contributed by atoms with E-state index < -0.39 is 0 Å². The normalized spacial score (nSPS) is 10.0. The Morgan fingerprint density at radius 1 is 1.50 bits per heavy atom. The molecule has 1 aromatic rings. The molecule has 0 aliphatic rings. The van der Waals surface area contributed by atoms with E-state index in [2.05, 4.69) is 15.6 Å². The Balaban J connectivity index is 2.61. The van der Waals surface area contributed by atoms with Crippen molar-refractivity contribution >= 4 is 23.1 Å². The average Bonchev–Trinajstić information content (AvgIpc) is 2.07. The van der Waals surface area contributed by atoms with Gasteiger partial charge < -0.3 is 10.6 Å². The van der Waals surface area contributed by atoms with Crippen molar-refractivity contribution in [2.24, 2.45) is 0 Å². The van der Waals surface area contributed by atoms with Crippen LogP contribution < -0.4 is 10.6 Å². The summed E-state index contributed by atoms with van der Waals surface area (Å²) < 4.78 is 0. The first-order valence-electron chi connectivity index (χ1n) is 4.58. The van der Waals surface area contributed by atoms with Crippen molar-refractivity contribution in [1.29, 1.82) is 0 Å². The zero-order chi connectivity index (χ0) is 10.6. The summed E-state index contributed by atoms with van der Waals surface area (Å²) in [7, 11) is 0. The minimum absolute atomic E-state index is 0.332. The first-order chi connectivity index (χ1) is 6.59. The maximum Gasteiger partial charge on any atom is 0.172 e. The lowest BCUT2D eigenvalue weighted by Crippen LogP contribution is -2.34. The first-order valence-corrected chi connectivity index (χ1v) is 4.99. The Bertz CT molecular complexity index is 323. The number of aromatic nitrogens is 1. The summed E-state index contributed by atoms with van der Waals surface area (Å²) in [5.41, 5.74) is 1.08. The van der Waals surface area contributed by atoms with Gasteiger partial charge in [-0.25, -0.2) is 4.98 Å². The zero-order valence-corrected chi connectivity index (χ0v) is 9.48. The van der Waals surface area contributed by atoms with Crippen LogP contribution in [-0.4, -0.2) is 16.1 Å². The highest BCUT2D eigenvalue weighted by Gasteiger charge is 2.01. The second kappa shape index (κ2) is 4.91. The van der Waals surface area contributed by atoms with Crippen LogP contribution >= 0.6 is 12.2 Å². The molecular weight excluding hydrogens is 194 g/mol. The van der Waals surface area contributed by atoms with Gasteiger partial charge in [0.1, 0.15) is 5.82 Å². The topological polar surface area (TPSA) is 37.0 Å². The quantitative estimate of drug-likeness (QED) is 0.731. The number of anilines is 1. The van der Waals surface area contributed by atoms with Crippen molar-refractivity contribution in [1.82, 2.24) is 10.3 Å². The summed E-state index contributed by atoms with van der Waals surface area (Å²) in [6.45, 7) is 6.08. The molecule has 3 nitrogen and oxygen atoms in total. The summed E-state index contributed by atoms with van der Waals surface area (Å²) in [5.74, 6) is 0.811. The third-order valence-corrected chi connectivity index (χ3v) is 1.88. The van der Waals surface area contributed by atoms with Gasteiger partial charge in [-0.2, -0.15) is 0 Å². The first kappa shape index (κ1) is 10.9. The fourth-order valence-electron chi connectivity index (χ4n) is 1.02. The lowest BCUT2D eigenvalue weighted by Gasteiger charge is -2.13. The van der Waals surface area contributed by atoms with Gasteiger partial charge in [-0.15, -0.1) is 0 Å². The summed E-state index contributed by atoms with van der Waals surface area (Å²) >= 11 is 5.11. The predicted octanol–water partition coefficient (Wildman–Crippen LogP) is 2.08. The van der Waals surface area contributed by atoms with Gasteiger partial charge >= 0.3 is 0 Å². The van der Waals surface area contributed by atoms with Crippen LogP contribution in [0.4, 0.5) is 5.82 Å². The second-order valence-corrected chi connectivity index (χ2v) is 3.83. The maximum atomic E-state index is 5.11. The molecule has 0 saturated heterocycles. The summed E-state index contributed by atoms with van der Waals surface area (Å²) in [5, 5.41) is 6.76. The van der Waals surface area contributed by atoms with E-state index in [9.17, 15) is 0 Å². The molecule has 0 aliphatic carbocycles. The van der Waals surface area contributed by atoms with E-state index in [1.165, 1.54) is 0 Å². The van der Waals surface area contributed by atoms with Crippen molar-refractivity contribution in [3.8, 4) is 0 Å². The lowest BCUT2D eigenvalue weighted by atomic mass is 10.3. The van der Waals surface area contributed by atoms with E-state index >= 15 is 0 Å². The van der Waals surface area contributed by atoms with Crippen LogP contribution in [0, 0.1) is 6.92 Å². The molecule has 14 heavy (non-hydrogen) atoms. The van der Waals surface area contributed by atoms with Gasteiger partial charge in [0, 0.05) is 12.2 Å². The number of aryl methyl sites for hydroxylation is 1. The molecule has 0 unspecified atom stereocenters. The zero-order valence-electron chi connectivity index (χ0n) is 8.66. The molecule has 0 atom stereocenters. The van der Waals surface area contributed by atoms with Crippen LogP contribution in [0.25, 0.3) is 0 Å². The third-order valence-electron chi connectivity index (χ3n) is 1.66. The standard InChI is InChI=1S/C10H15N3S/c1-7(2)12-10(14)13-9-8(3)5-4-6-11-9/h4-7H,1-3H3,(H2,11,12,13,14). The fourth-order valence-corrected chi connectivity index (χ4v) is 1.35. The van der Waals surface area contributed by atoms with Gasteiger partial charge in [0.25, 0.3) is 0 Å². The van der Waals surface area contributed by atoms with E-state index in [4.69, 9.17) is 12.2 Å². The number of rotatable bonds is 2. The van der Waals surface area contributed by atoms with E-state index in [0.717, 1.165) is 11.4 Å². The molecule has 1 rings (SSSR count). The average molecular weight is 209 g/mol. The van der Waals surface area contributed by atoms with Crippen LogP contribution in [0.5, 0.6) is 0 Å². The molecule has 0 aromatic carbocycles. The van der Waals surface area contributed by atoms with Crippen LogP contribution in [0.2, 0.25) is 0 Å². The predicted molar refractivity (Wildman–Crippen MR) is 63.5 cm³/mol. The van der Waals surface area contributed by atoms with Gasteiger partial charge in [0.2, 0.25) is 0 Å². The summed E-state index contributed by atoms with van der Waals surface area (Å²) in [6.07, 6.45) is 1.74. The molecule has 4 heteroatoms. The van der Waals surface area contributed by atoms with Gasteiger partial charge in [-0.05, 0) is 44.6 Å². The van der Waals surface area contributed by atoms with Crippen LogP contribution in [0.3, 0.4) is 0 Å². The second-order valence-electron chi connectivity index (χ2n) is 3.42. The Hall–Kier alpha value is -1.16.